The molecule has 0 spiro atoms. The molecular formula is C19H22Cl2N2O2. The number of hydrogen-bond donors (Lipinski definition) is 2. The lowest BCUT2D eigenvalue weighted by Crippen LogP contribution is -2.28. The van der Waals surface area contributed by atoms with Crippen molar-refractivity contribution in [2.24, 2.45) is 5.73 Å². The lowest BCUT2D eigenvalue weighted by atomic mass is 9.90. The normalized spacial score (nSPS) is 16.8. The van der Waals surface area contributed by atoms with Crippen molar-refractivity contribution in [2.75, 3.05) is 20.2 Å². The van der Waals surface area contributed by atoms with Crippen molar-refractivity contribution in [3.63, 3.8) is 0 Å². The molecule has 1 aliphatic heterocycles. The molecule has 1 aliphatic rings. The summed E-state index contributed by atoms with van der Waals surface area (Å²) < 4.78 is 5.27. The number of halogens is 2. The summed E-state index contributed by atoms with van der Waals surface area (Å²) in [5, 5.41) is 3.83. The van der Waals surface area contributed by atoms with Gasteiger partial charge in [0.2, 0.25) is 5.91 Å². The number of amides is 1. The number of rotatable bonds is 4. The van der Waals surface area contributed by atoms with Crippen LogP contribution in [-0.2, 0) is 0 Å². The molecule has 1 atom stereocenters. The Labute approximate surface area is 159 Å². The average Bonchev–Trinajstić information content (AvgIpc) is 2.62. The van der Waals surface area contributed by atoms with E-state index in [9.17, 15) is 4.79 Å². The van der Waals surface area contributed by atoms with Crippen LogP contribution in [0.15, 0.2) is 36.4 Å². The number of carbonyl (C=O) groups is 1. The molecule has 1 heterocycles. The van der Waals surface area contributed by atoms with Crippen LogP contribution in [0.3, 0.4) is 0 Å². The second kappa shape index (κ2) is 8.56. The molecule has 25 heavy (non-hydrogen) atoms. The minimum absolute atomic E-state index is 0. The molecule has 1 amide bonds. The van der Waals surface area contributed by atoms with E-state index in [2.05, 4.69) is 17.4 Å². The first-order valence-corrected chi connectivity index (χ1v) is 8.47. The Morgan fingerprint density at radius 2 is 1.96 bits per heavy atom. The van der Waals surface area contributed by atoms with Crippen molar-refractivity contribution >= 4 is 29.9 Å². The number of carbonyl (C=O) groups excluding carboxylic acids is 1. The van der Waals surface area contributed by atoms with Crippen LogP contribution in [0.1, 0.15) is 34.7 Å². The average molecular weight is 381 g/mol. The molecule has 0 radical (unpaired) electrons. The van der Waals surface area contributed by atoms with Crippen molar-refractivity contribution in [1.82, 2.24) is 5.32 Å². The summed E-state index contributed by atoms with van der Waals surface area (Å²) >= 11 is 6.44. The molecule has 0 saturated carbocycles. The van der Waals surface area contributed by atoms with Gasteiger partial charge in [0.25, 0.3) is 0 Å². The van der Waals surface area contributed by atoms with Crippen LogP contribution in [0.4, 0.5) is 0 Å². The van der Waals surface area contributed by atoms with E-state index in [4.69, 9.17) is 22.1 Å². The molecule has 6 heteroatoms. The maximum absolute atomic E-state index is 11.8. The Kier molecular flexibility index (Phi) is 6.71. The van der Waals surface area contributed by atoms with Crippen LogP contribution in [0, 0.1) is 0 Å². The molecule has 2 aromatic carbocycles. The minimum Gasteiger partial charge on any atom is -0.495 e. The number of nitrogens with one attached hydrogen (secondary N) is 1. The zero-order chi connectivity index (χ0) is 17.1. The first-order valence-electron chi connectivity index (χ1n) is 8.09. The fourth-order valence-electron chi connectivity index (χ4n) is 3.26. The number of hydrogen-bond acceptors (Lipinski definition) is 3. The standard InChI is InChI=1S/C19H21ClN2O2.ClH/c1-24-16-9-8-15(19(21)23)17(18(16)20)13-6-4-12(5-7-13)14-3-2-10-22-11-14;/h4-9,14,22H,2-3,10-11H2,1H3,(H2,21,23);1H. The van der Waals surface area contributed by atoms with Crippen LogP contribution < -0.4 is 15.8 Å². The number of benzene rings is 2. The van der Waals surface area contributed by atoms with Crippen molar-refractivity contribution in [3.8, 4) is 16.9 Å². The predicted molar refractivity (Wildman–Crippen MR) is 104 cm³/mol. The first-order chi connectivity index (χ1) is 11.6. The van der Waals surface area contributed by atoms with Gasteiger partial charge in [-0.2, -0.15) is 0 Å². The zero-order valence-corrected chi connectivity index (χ0v) is 15.6. The lowest BCUT2D eigenvalue weighted by Gasteiger charge is -2.23. The van der Waals surface area contributed by atoms with E-state index in [-0.39, 0.29) is 12.4 Å². The summed E-state index contributed by atoms with van der Waals surface area (Å²) in [5.41, 5.74) is 8.69. The summed E-state index contributed by atoms with van der Waals surface area (Å²) in [5.74, 6) is 0.552. The molecule has 134 valence electrons. The Balaban J connectivity index is 0.00000225. The quantitative estimate of drug-likeness (QED) is 0.841. The Hall–Kier alpha value is -1.75. The number of nitrogens with two attached hydrogens (primary N) is 1. The van der Waals surface area contributed by atoms with Crippen LogP contribution in [-0.4, -0.2) is 26.1 Å². The van der Waals surface area contributed by atoms with Gasteiger partial charge in [0, 0.05) is 17.7 Å². The van der Waals surface area contributed by atoms with Gasteiger partial charge in [-0.3, -0.25) is 4.79 Å². The van der Waals surface area contributed by atoms with Crippen molar-refractivity contribution in [3.05, 3.63) is 52.5 Å². The third kappa shape index (κ3) is 4.09. The Morgan fingerprint density at radius 1 is 1.24 bits per heavy atom. The zero-order valence-electron chi connectivity index (χ0n) is 14.0. The van der Waals surface area contributed by atoms with Crippen molar-refractivity contribution < 1.29 is 9.53 Å². The maximum atomic E-state index is 11.8. The van der Waals surface area contributed by atoms with Crippen LogP contribution in [0.5, 0.6) is 5.75 Å². The summed E-state index contributed by atoms with van der Waals surface area (Å²) in [6, 6.07) is 11.5. The summed E-state index contributed by atoms with van der Waals surface area (Å²) in [4.78, 5) is 11.8. The van der Waals surface area contributed by atoms with E-state index >= 15 is 0 Å². The number of piperidine rings is 1. The first kappa shape index (κ1) is 19.6. The van der Waals surface area contributed by atoms with E-state index in [1.54, 1.807) is 19.2 Å². The number of methoxy groups -OCH3 is 1. The van der Waals surface area contributed by atoms with Crippen LogP contribution in [0.2, 0.25) is 5.02 Å². The fourth-order valence-corrected chi connectivity index (χ4v) is 3.61. The van der Waals surface area contributed by atoms with E-state index in [0.717, 1.165) is 18.7 Å². The number of ether oxygens (including phenoxy) is 1. The summed E-state index contributed by atoms with van der Waals surface area (Å²) in [6.07, 6.45) is 2.39. The maximum Gasteiger partial charge on any atom is 0.249 e. The van der Waals surface area contributed by atoms with Crippen molar-refractivity contribution in [2.45, 2.75) is 18.8 Å². The molecule has 3 rings (SSSR count). The number of primary amides is 1. The highest BCUT2D eigenvalue weighted by Crippen LogP contribution is 2.38. The highest BCUT2D eigenvalue weighted by molar-refractivity contribution is 6.35. The molecule has 1 saturated heterocycles. The molecule has 3 N–H and O–H groups in total. The largest absolute Gasteiger partial charge is 0.495 e. The molecule has 0 aliphatic carbocycles. The molecule has 4 nitrogen and oxygen atoms in total. The van der Waals surface area contributed by atoms with Crippen LogP contribution in [0.25, 0.3) is 11.1 Å². The van der Waals surface area contributed by atoms with Gasteiger partial charge in [-0.15, -0.1) is 12.4 Å². The monoisotopic (exact) mass is 380 g/mol. The fraction of sp³-hybridized carbons (Fsp3) is 0.316. The highest BCUT2D eigenvalue weighted by Gasteiger charge is 2.19. The van der Waals surface area contributed by atoms with Crippen LogP contribution >= 0.6 is 24.0 Å². The van der Waals surface area contributed by atoms with Gasteiger partial charge < -0.3 is 15.8 Å². The van der Waals surface area contributed by atoms with Gasteiger partial charge in [-0.1, -0.05) is 35.9 Å². The highest BCUT2D eigenvalue weighted by atomic mass is 35.5. The second-order valence-corrected chi connectivity index (χ2v) is 6.41. The summed E-state index contributed by atoms with van der Waals surface area (Å²) in [7, 11) is 1.55. The molecule has 1 unspecified atom stereocenters. The third-order valence-corrected chi connectivity index (χ3v) is 4.93. The Morgan fingerprint density at radius 3 is 2.52 bits per heavy atom. The molecule has 1 fully saturated rings. The van der Waals surface area contributed by atoms with Gasteiger partial charge in [-0.25, -0.2) is 0 Å². The smallest absolute Gasteiger partial charge is 0.249 e. The van der Waals surface area contributed by atoms with Gasteiger partial charge in [0.1, 0.15) is 5.75 Å². The SMILES string of the molecule is COc1ccc(C(N)=O)c(-c2ccc(C3CCCNC3)cc2)c1Cl.Cl. The summed E-state index contributed by atoms with van der Waals surface area (Å²) in [6.45, 7) is 2.10. The molecule has 0 bridgehead atoms. The van der Waals surface area contributed by atoms with Crippen molar-refractivity contribution in [1.29, 1.82) is 0 Å². The Bertz CT molecular complexity index is 742. The van der Waals surface area contributed by atoms with Gasteiger partial charge >= 0.3 is 0 Å². The molecule has 2 aromatic rings. The van der Waals surface area contributed by atoms with Gasteiger partial charge in [0.15, 0.2) is 0 Å². The molecular weight excluding hydrogens is 359 g/mol. The topological polar surface area (TPSA) is 64.3 Å². The van der Waals surface area contributed by atoms with E-state index in [1.807, 2.05) is 12.1 Å². The lowest BCUT2D eigenvalue weighted by molar-refractivity contribution is 0.100. The van der Waals surface area contributed by atoms with Gasteiger partial charge in [-0.05, 0) is 48.6 Å². The predicted octanol–water partition coefficient (Wildman–Crippen LogP) is 4.00. The van der Waals surface area contributed by atoms with E-state index in [1.165, 1.54) is 18.4 Å². The van der Waals surface area contributed by atoms with Gasteiger partial charge in [0.05, 0.1) is 12.1 Å². The van der Waals surface area contributed by atoms with E-state index in [0.29, 0.717) is 27.8 Å². The molecule has 0 aromatic heterocycles. The second-order valence-electron chi connectivity index (χ2n) is 6.03. The third-order valence-electron chi connectivity index (χ3n) is 4.56. The van der Waals surface area contributed by atoms with E-state index < -0.39 is 5.91 Å². The minimum atomic E-state index is -0.505.